The molecule has 1 heterocycles. The molecule has 6 nitrogen and oxygen atoms in total. The molecule has 6 saturated carbocycles. The molecule has 0 spiro atoms. The number of halogens is 1. The van der Waals surface area contributed by atoms with Crippen LogP contribution in [0.15, 0.2) is 64.9 Å². The summed E-state index contributed by atoms with van der Waals surface area (Å²) in [7, 11) is 1.75. The van der Waals surface area contributed by atoms with Crippen LogP contribution in [0.1, 0.15) is 159 Å². The first-order chi connectivity index (χ1) is 28.0. The quantitative estimate of drug-likeness (QED) is 0.135. The summed E-state index contributed by atoms with van der Waals surface area (Å²) in [5, 5.41) is 13.4. The van der Waals surface area contributed by atoms with Gasteiger partial charge in [0.25, 0.3) is 0 Å². The molecule has 7 heteroatoms. The van der Waals surface area contributed by atoms with E-state index in [4.69, 9.17) is 6.90 Å². The summed E-state index contributed by atoms with van der Waals surface area (Å²) in [5.41, 5.74) is 16.3. The Morgan fingerprint density at radius 3 is 1.86 bits per heavy atom. The van der Waals surface area contributed by atoms with E-state index in [1.165, 1.54) is 109 Å². The molecule has 0 N–H and O–H groups in total. The highest BCUT2D eigenvalue weighted by molar-refractivity contribution is 5.57. The molecular weight excluding hydrogens is 704 g/mol. The van der Waals surface area contributed by atoms with E-state index < -0.39 is 0 Å². The molecule has 0 saturated heterocycles. The highest BCUT2D eigenvalue weighted by Gasteiger charge is 2.60. The molecule has 1 aromatic carbocycles. The lowest BCUT2D eigenvalue weighted by Crippen LogP contribution is -2.50. The maximum atomic E-state index is 9.50. The first-order valence-electron chi connectivity index (χ1n) is 23.8. The zero-order valence-corrected chi connectivity index (χ0v) is 36.8. The molecule has 0 amide bonds. The van der Waals surface area contributed by atoms with Gasteiger partial charge in [0.1, 0.15) is 5.69 Å². The molecule has 14 atom stereocenters. The van der Waals surface area contributed by atoms with E-state index >= 15 is 0 Å². The van der Waals surface area contributed by atoms with E-state index in [-0.39, 0.29) is 11.5 Å². The van der Waals surface area contributed by atoms with Gasteiger partial charge in [-0.15, -0.1) is 5.10 Å². The van der Waals surface area contributed by atoms with Crippen LogP contribution in [0.3, 0.4) is 0 Å². The van der Waals surface area contributed by atoms with Crippen molar-refractivity contribution >= 4 is 0 Å². The normalized spacial score (nSPS) is 43.8. The number of alkyl halides is 1. The van der Waals surface area contributed by atoms with E-state index in [0.717, 1.165) is 59.5 Å². The average Bonchev–Trinajstić information content (AvgIpc) is 3.96. The molecule has 8 aliphatic rings. The van der Waals surface area contributed by atoms with Crippen molar-refractivity contribution in [2.24, 2.45) is 74.1 Å². The van der Waals surface area contributed by atoms with Crippen LogP contribution in [0.5, 0.6) is 0 Å². The summed E-state index contributed by atoms with van der Waals surface area (Å²) >= 11 is 0. The van der Waals surface area contributed by atoms with Crippen molar-refractivity contribution in [3.63, 3.8) is 0 Å². The van der Waals surface area contributed by atoms with E-state index in [0.29, 0.717) is 29.5 Å². The lowest BCUT2D eigenvalue weighted by Gasteiger charge is -2.58. The Bertz CT molecular complexity index is 1840. The fourth-order valence-electron chi connectivity index (χ4n) is 15.5. The first kappa shape index (κ1) is 40.8. The number of rotatable bonds is 3. The minimum Gasteiger partial charge on any atom is -0.255 e. The van der Waals surface area contributed by atoms with Gasteiger partial charge in [-0.3, -0.25) is 4.39 Å². The van der Waals surface area contributed by atoms with Gasteiger partial charge in [0.15, 0.2) is 0 Å². The largest absolute Gasteiger partial charge is 0.255 e. The molecule has 0 radical (unpaired) electrons. The van der Waals surface area contributed by atoms with Crippen LogP contribution < -0.4 is 0 Å². The van der Waals surface area contributed by atoms with Gasteiger partial charge in [0, 0.05) is 17.9 Å². The van der Waals surface area contributed by atoms with Crippen LogP contribution in [0.25, 0.3) is 21.7 Å². The van der Waals surface area contributed by atoms with Crippen molar-refractivity contribution < 1.29 is 5.76 Å². The zero-order chi connectivity index (χ0) is 41.5. The second kappa shape index (κ2) is 16.3. The van der Waals surface area contributed by atoms with E-state index in [9.17, 15) is 4.39 Å². The first-order valence-corrected chi connectivity index (χ1v) is 22.8. The number of hydrogen-bond acceptors (Lipinski definition) is 3. The minimum absolute atomic E-state index is 0.239. The van der Waals surface area contributed by atoms with Crippen LogP contribution in [-0.4, -0.2) is 28.2 Å². The van der Waals surface area contributed by atoms with Crippen LogP contribution in [0.2, 0.25) is 0 Å². The lowest BCUT2D eigenvalue weighted by molar-refractivity contribution is -0.0429. The summed E-state index contributed by atoms with van der Waals surface area (Å²) in [6, 6.07) is 11.2. The lowest BCUT2D eigenvalue weighted by atomic mass is 9.47. The molecule has 2 aromatic rings. The molecule has 6 fully saturated rings. The van der Waals surface area contributed by atoms with Gasteiger partial charge >= 0.3 is 0 Å². The van der Waals surface area contributed by atoms with Gasteiger partial charge < -0.3 is 0 Å². The molecular formula is C50H75FN6. The van der Waals surface area contributed by atoms with Crippen LogP contribution in [0, 0.1) is 69.0 Å². The fourth-order valence-corrected chi connectivity index (χ4v) is 15.5. The van der Waals surface area contributed by atoms with Crippen molar-refractivity contribution in [2.75, 3.05) is 7.18 Å². The number of aromatic nitrogens is 3. The Morgan fingerprint density at radius 1 is 0.737 bits per heavy atom. The van der Waals surface area contributed by atoms with Crippen molar-refractivity contribution in [3.05, 3.63) is 70.3 Å². The molecule has 0 aliphatic heterocycles. The Labute approximate surface area is 346 Å². The third kappa shape index (κ3) is 6.96. The number of allylic oxidation sites excluding steroid dienone is 4. The number of nitrogens with zero attached hydrogens (tertiary/aromatic N) is 6. The van der Waals surface area contributed by atoms with Gasteiger partial charge in [-0.1, -0.05) is 113 Å². The summed E-state index contributed by atoms with van der Waals surface area (Å²) in [4.78, 5) is 3.16. The molecule has 1 aromatic heterocycles. The van der Waals surface area contributed by atoms with Crippen LogP contribution in [0.4, 0.5) is 4.39 Å². The molecule has 0 bridgehead atoms. The van der Waals surface area contributed by atoms with Crippen molar-refractivity contribution in [1.82, 2.24) is 15.0 Å². The Hall–Kier alpha value is -2.92. The van der Waals surface area contributed by atoms with Gasteiger partial charge in [-0.05, 0) is 177 Å². The van der Waals surface area contributed by atoms with Crippen molar-refractivity contribution in [2.45, 2.75) is 164 Å². The van der Waals surface area contributed by atoms with Crippen LogP contribution >= 0.6 is 0 Å². The second-order valence-corrected chi connectivity index (χ2v) is 21.1. The minimum atomic E-state index is 0.239. The molecule has 6 unspecified atom stereocenters. The summed E-state index contributed by atoms with van der Waals surface area (Å²) < 4.78 is 17.5. The molecule has 312 valence electrons. The van der Waals surface area contributed by atoms with Gasteiger partial charge in [-0.25, -0.2) is 4.68 Å². The third-order valence-corrected chi connectivity index (χ3v) is 18.7. The van der Waals surface area contributed by atoms with E-state index in [1.54, 1.807) is 5.57 Å². The predicted molar refractivity (Wildman–Crippen MR) is 233 cm³/mol. The molecule has 10 rings (SSSR count). The van der Waals surface area contributed by atoms with Crippen molar-refractivity contribution in [3.8, 4) is 11.3 Å². The molecule has 57 heavy (non-hydrogen) atoms. The second-order valence-electron chi connectivity index (χ2n) is 21.1. The predicted octanol–water partition coefficient (Wildman–Crippen LogP) is 14.6. The van der Waals surface area contributed by atoms with Gasteiger partial charge in [-0.2, -0.15) is 0 Å². The monoisotopic (exact) mass is 780 g/mol. The van der Waals surface area contributed by atoms with Gasteiger partial charge in [0.2, 0.25) is 0 Å². The standard InChI is InChI=1S/C28H37N3.C20H31N3.CH3F.CH4/c1-19-13-15-27(2)21(17-19)9-10-22-23-11-12-26(28(23,3)16-14-24(22)27)31-18-25(29-30-31)20-7-5-4-6-8-20;1-13-8-10-19(2)14(12-13)4-5-15-16-6-7-18(22-23-21)20(16,3)11-9-17(15)19;1-2;/h4-9,18-19,22-24,26H,10-17H2,1-3H3;4,13,15-18H,5-12H2,1-3H3;1H3;1H4/t19-,22?,23?,24?,26-,27-,28-;13-,15?,16?,17?,18-,19-,20-;;/m00../s1/i;;;1D. The van der Waals surface area contributed by atoms with E-state index in [2.05, 4.69) is 115 Å². The van der Waals surface area contributed by atoms with Crippen molar-refractivity contribution in [1.29, 1.82) is 0 Å². The number of benzene rings is 1. The highest BCUT2D eigenvalue weighted by Crippen LogP contribution is 2.68. The van der Waals surface area contributed by atoms with E-state index in [1.807, 2.05) is 5.57 Å². The highest BCUT2D eigenvalue weighted by atomic mass is 19.1. The third-order valence-electron chi connectivity index (χ3n) is 18.7. The number of hydrogen-bond donors (Lipinski definition) is 0. The summed E-state index contributed by atoms with van der Waals surface area (Å²) in [5.74, 6) is 6.82. The maximum absolute atomic E-state index is 9.50. The van der Waals surface area contributed by atoms with Gasteiger partial charge in [0.05, 0.1) is 19.4 Å². The molecule has 8 aliphatic carbocycles. The smallest absolute Gasteiger partial charge is 0.113 e. The fraction of sp³-hybridized carbons (Fsp3) is 0.760. The maximum Gasteiger partial charge on any atom is 0.113 e. The average molecular weight is 780 g/mol. The number of fused-ring (bicyclic) bond motifs is 10. The Balaban J connectivity index is 0.000000169. The summed E-state index contributed by atoms with van der Waals surface area (Å²) in [6.07, 6.45) is 28.8. The summed E-state index contributed by atoms with van der Waals surface area (Å²) in [6.45, 7) is 15.1. The number of azide groups is 1. The topological polar surface area (TPSA) is 79.5 Å². The SMILES string of the molecule is CF.C[C@H]1CC[C@@]2(C)C(=CCC3C2CC[C@@]2(C)C3CC[C@@H]2N=[N+]=[N-])C1.C[C@H]1CC[C@@]2(C)C(=CCC3C2CC[C@@]2(C)C3CC[C@@H]2n2cc(-c3ccccc3)nn2)C1.[2H]C. The Morgan fingerprint density at radius 2 is 1.28 bits per heavy atom. The van der Waals surface area contributed by atoms with Crippen LogP contribution in [-0.2, 0) is 0 Å². The Kier molecular flexibility index (Phi) is 11.7. The zero-order valence-electron chi connectivity index (χ0n) is 37.8.